The number of imidazole rings is 1. The Morgan fingerprint density at radius 2 is 2.18 bits per heavy atom. The number of aryl methyl sites for hydroxylation is 1. The van der Waals surface area contributed by atoms with Crippen LogP contribution in [0.3, 0.4) is 0 Å². The fraction of sp³-hybridized carbons (Fsp3) is 0.500. The van der Waals surface area contributed by atoms with Gasteiger partial charge in [-0.25, -0.2) is 0 Å². The van der Waals surface area contributed by atoms with Crippen molar-refractivity contribution >= 4 is 5.82 Å². The van der Waals surface area contributed by atoms with E-state index in [1.54, 1.807) is 0 Å². The van der Waals surface area contributed by atoms with Crippen LogP contribution < -0.4 is 0 Å². The molecule has 1 rings (SSSR count). The zero-order valence-electron chi connectivity index (χ0n) is 7.05. The van der Waals surface area contributed by atoms with Gasteiger partial charge in [0.1, 0.15) is 0 Å². The second-order valence-electron chi connectivity index (χ2n) is 2.42. The molecule has 0 radical (unpaired) electrons. The Bertz CT molecular complexity index is 304. The lowest BCUT2D eigenvalue weighted by atomic mass is 10.4. The Morgan fingerprint density at radius 1 is 1.55 bits per heavy atom. The highest BCUT2D eigenvalue weighted by atomic mass is 15.1. The molecule has 0 aliphatic heterocycles. The van der Waals surface area contributed by atoms with Crippen LogP contribution in [-0.2, 0) is 6.54 Å². The number of nitrogens with zero attached hydrogens (tertiary/aromatic N) is 3. The summed E-state index contributed by atoms with van der Waals surface area (Å²) < 4.78 is 2.04. The van der Waals surface area contributed by atoms with Crippen molar-refractivity contribution in [3.05, 3.63) is 22.9 Å². The second kappa shape index (κ2) is 2.75. The SMILES string of the molecule is [C-]#[N+]c1nc(C)n(CC)c1C. The first kappa shape index (κ1) is 7.80. The zero-order valence-corrected chi connectivity index (χ0v) is 7.05. The summed E-state index contributed by atoms with van der Waals surface area (Å²) in [6, 6.07) is 0. The number of aromatic nitrogens is 2. The minimum atomic E-state index is 0.532. The van der Waals surface area contributed by atoms with Crippen LogP contribution in [0.25, 0.3) is 4.85 Å². The van der Waals surface area contributed by atoms with Gasteiger partial charge in [0.05, 0.1) is 0 Å². The Balaban J connectivity index is 3.28. The van der Waals surface area contributed by atoms with Crippen LogP contribution >= 0.6 is 0 Å². The first-order valence-electron chi connectivity index (χ1n) is 3.61. The Labute approximate surface area is 66.5 Å². The smallest absolute Gasteiger partial charge is 0.290 e. The Kier molecular flexibility index (Phi) is 1.95. The summed E-state index contributed by atoms with van der Waals surface area (Å²) in [6.07, 6.45) is 0. The van der Waals surface area contributed by atoms with E-state index in [1.165, 1.54) is 0 Å². The van der Waals surface area contributed by atoms with Crippen molar-refractivity contribution in [2.45, 2.75) is 27.3 Å². The molecule has 0 aliphatic rings. The van der Waals surface area contributed by atoms with Crippen molar-refractivity contribution in [3.8, 4) is 0 Å². The molecule has 0 saturated carbocycles. The van der Waals surface area contributed by atoms with E-state index in [0.717, 1.165) is 18.1 Å². The predicted octanol–water partition coefficient (Wildman–Crippen LogP) is 2.07. The topological polar surface area (TPSA) is 22.2 Å². The van der Waals surface area contributed by atoms with Crippen LogP contribution in [0.4, 0.5) is 5.82 Å². The summed E-state index contributed by atoms with van der Waals surface area (Å²) in [5, 5.41) is 0. The van der Waals surface area contributed by atoms with Crippen molar-refractivity contribution in [3.63, 3.8) is 0 Å². The predicted molar refractivity (Wildman–Crippen MR) is 43.6 cm³/mol. The highest BCUT2D eigenvalue weighted by Gasteiger charge is 2.10. The average molecular weight is 149 g/mol. The van der Waals surface area contributed by atoms with Gasteiger partial charge in [0, 0.05) is 19.2 Å². The molecular weight excluding hydrogens is 138 g/mol. The molecule has 1 aromatic rings. The van der Waals surface area contributed by atoms with E-state index in [1.807, 2.05) is 18.4 Å². The molecule has 0 N–H and O–H groups in total. The van der Waals surface area contributed by atoms with Gasteiger partial charge in [-0.05, 0) is 13.8 Å². The molecule has 58 valence electrons. The maximum absolute atomic E-state index is 6.82. The van der Waals surface area contributed by atoms with Gasteiger partial charge in [-0.1, -0.05) is 6.57 Å². The third-order valence-corrected chi connectivity index (χ3v) is 1.81. The van der Waals surface area contributed by atoms with Gasteiger partial charge >= 0.3 is 0 Å². The van der Waals surface area contributed by atoms with Crippen LogP contribution in [0.1, 0.15) is 18.4 Å². The van der Waals surface area contributed by atoms with Gasteiger partial charge in [-0.3, -0.25) is 0 Å². The normalized spacial score (nSPS) is 9.64. The van der Waals surface area contributed by atoms with E-state index in [0.29, 0.717) is 5.82 Å². The highest BCUT2D eigenvalue weighted by Crippen LogP contribution is 2.17. The van der Waals surface area contributed by atoms with Gasteiger partial charge in [-0.2, -0.15) is 0 Å². The lowest BCUT2D eigenvalue weighted by Gasteiger charge is -1.99. The molecule has 0 unspecified atom stereocenters. The number of rotatable bonds is 1. The first-order valence-corrected chi connectivity index (χ1v) is 3.61. The van der Waals surface area contributed by atoms with Crippen LogP contribution in [0.2, 0.25) is 0 Å². The molecule has 0 amide bonds. The van der Waals surface area contributed by atoms with Gasteiger partial charge < -0.3 is 9.41 Å². The molecule has 0 bridgehead atoms. The minimum absolute atomic E-state index is 0.532. The zero-order chi connectivity index (χ0) is 8.43. The molecule has 0 fully saturated rings. The van der Waals surface area contributed by atoms with E-state index in [-0.39, 0.29) is 0 Å². The molecule has 11 heavy (non-hydrogen) atoms. The summed E-state index contributed by atoms with van der Waals surface area (Å²) in [6.45, 7) is 13.6. The molecule has 0 atom stereocenters. The van der Waals surface area contributed by atoms with Crippen LogP contribution in [-0.4, -0.2) is 9.55 Å². The van der Waals surface area contributed by atoms with E-state index in [9.17, 15) is 0 Å². The lowest BCUT2D eigenvalue weighted by molar-refractivity contribution is 0.709. The summed E-state index contributed by atoms with van der Waals surface area (Å²) in [7, 11) is 0. The van der Waals surface area contributed by atoms with Crippen molar-refractivity contribution in [1.82, 2.24) is 9.55 Å². The maximum Gasteiger partial charge on any atom is 0.290 e. The molecule has 0 aliphatic carbocycles. The van der Waals surface area contributed by atoms with Crippen molar-refractivity contribution in [1.29, 1.82) is 0 Å². The Morgan fingerprint density at radius 3 is 2.45 bits per heavy atom. The third-order valence-electron chi connectivity index (χ3n) is 1.81. The quantitative estimate of drug-likeness (QED) is 0.560. The van der Waals surface area contributed by atoms with E-state index in [2.05, 4.69) is 16.8 Å². The fourth-order valence-electron chi connectivity index (χ4n) is 1.23. The van der Waals surface area contributed by atoms with E-state index < -0.39 is 0 Å². The second-order valence-corrected chi connectivity index (χ2v) is 2.42. The maximum atomic E-state index is 6.82. The first-order chi connectivity index (χ1) is 5.20. The molecular formula is C8H11N3. The number of hydrogen-bond donors (Lipinski definition) is 0. The van der Waals surface area contributed by atoms with Gasteiger partial charge in [-0.15, -0.1) is 4.98 Å². The average Bonchev–Trinajstić information content (AvgIpc) is 2.26. The van der Waals surface area contributed by atoms with Gasteiger partial charge in [0.25, 0.3) is 5.82 Å². The monoisotopic (exact) mass is 149 g/mol. The Hall–Kier alpha value is -1.30. The van der Waals surface area contributed by atoms with E-state index in [4.69, 9.17) is 6.57 Å². The number of hydrogen-bond acceptors (Lipinski definition) is 1. The minimum Gasteiger partial charge on any atom is -0.359 e. The van der Waals surface area contributed by atoms with Crippen LogP contribution in [0, 0.1) is 20.4 Å². The molecule has 3 nitrogen and oxygen atoms in total. The lowest BCUT2D eigenvalue weighted by Crippen LogP contribution is -1.98. The van der Waals surface area contributed by atoms with E-state index >= 15 is 0 Å². The summed E-state index contributed by atoms with van der Waals surface area (Å²) >= 11 is 0. The fourth-order valence-corrected chi connectivity index (χ4v) is 1.23. The van der Waals surface area contributed by atoms with Crippen molar-refractivity contribution in [2.24, 2.45) is 0 Å². The largest absolute Gasteiger partial charge is 0.359 e. The van der Waals surface area contributed by atoms with Gasteiger partial charge in [0.2, 0.25) is 0 Å². The molecule has 1 aromatic heterocycles. The third kappa shape index (κ3) is 1.12. The summed E-state index contributed by atoms with van der Waals surface area (Å²) in [5.41, 5.74) is 0.972. The molecule has 0 aromatic carbocycles. The van der Waals surface area contributed by atoms with Crippen molar-refractivity contribution in [2.75, 3.05) is 0 Å². The molecule has 0 spiro atoms. The summed E-state index contributed by atoms with van der Waals surface area (Å²) in [4.78, 5) is 7.43. The summed E-state index contributed by atoms with van der Waals surface area (Å²) in [5.74, 6) is 1.46. The molecule has 0 saturated heterocycles. The molecule has 3 heteroatoms. The van der Waals surface area contributed by atoms with Crippen molar-refractivity contribution < 1.29 is 0 Å². The van der Waals surface area contributed by atoms with Crippen LogP contribution in [0.15, 0.2) is 0 Å². The standard InChI is InChI=1S/C8H11N3/c1-5-11-6(2)8(9-4)10-7(11)3/h5H2,1-3H3. The van der Waals surface area contributed by atoms with Crippen LogP contribution in [0.5, 0.6) is 0 Å². The highest BCUT2D eigenvalue weighted by molar-refractivity contribution is 5.42. The van der Waals surface area contributed by atoms with Gasteiger partial charge in [0.15, 0.2) is 5.82 Å². The molecule has 1 heterocycles.